The Morgan fingerprint density at radius 1 is 1.67 bits per heavy atom. The number of pyridine rings is 1. The topological polar surface area (TPSA) is 101 Å². The van der Waals surface area contributed by atoms with Crippen LogP contribution in [-0.4, -0.2) is 28.5 Å². The van der Waals surface area contributed by atoms with E-state index in [0.717, 1.165) is 5.69 Å². The van der Waals surface area contributed by atoms with E-state index in [1.54, 1.807) is 12.1 Å². The summed E-state index contributed by atoms with van der Waals surface area (Å²) in [5.74, 6) is -0.363. The molecular weight excluding hydrogens is 196 g/mol. The molecular formula is C9H12N4O2. The van der Waals surface area contributed by atoms with Gasteiger partial charge in [0.1, 0.15) is 0 Å². The number of hydrogen-bond donors (Lipinski definition) is 3. The molecule has 0 aliphatic rings. The highest BCUT2D eigenvalue weighted by molar-refractivity contribution is 5.96. The molecule has 0 spiro atoms. The lowest BCUT2D eigenvalue weighted by Crippen LogP contribution is -2.33. The number of nitrogens with two attached hydrogens (primary N) is 1. The molecule has 0 fully saturated rings. The largest absolute Gasteiger partial charge is 0.409 e. The summed E-state index contributed by atoms with van der Waals surface area (Å²) in [6.45, 7) is 1.83. The van der Waals surface area contributed by atoms with Crippen LogP contribution in [0.4, 0.5) is 0 Å². The van der Waals surface area contributed by atoms with Crippen molar-refractivity contribution in [2.24, 2.45) is 10.9 Å². The molecule has 6 heteroatoms. The van der Waals surface area contributed by atoms with Crippen molar-refractivity contribution in [3.8, 4) is 0 Å². The first-order valence-corrected chi connectivity index (χ1v) is 4.30. The molecule has 1 heterocycles. The van der Waals surface area contributed by atoms with Crippen molar-refractivity contribution in [2.75, 3.05) is 6.54 Å². The Labute approximate surface area is 86.8 Å². The van der Waals surface area contributed by atoms with Crippen LogP contribution in [0.15, 0.2) is 23.5 Å². The fourth-order valence-corrected chi connectivity index (χ4v) is 0.910. The molecule has 0 bridgehead atoms. The van der Waals surface area contributed by atoms with E-state index in [9.17, 15) is 4.79 Å². The van der Waals surface area contributed by atoms with Crippen LogP contribution in [0.1, 0.15) is 16.1 Å². The van der Waals surface area contributed by atoms with Crippen molar-refractivity contribution in [3.63, 3.8) is 0 Å². The second kappa shape index (κ2) is 4.94. The van der Waals surface area contributed by atoms with E-state index >= 15 is 0 Å². The number of rotatable bonds is 3. The van der Waals surface area contributed by atoms with Gasteiger partial charge in [0.2, 0.25) is 0 Å². The van der Waals surface area contributed by atoms with Crippen molar-refractivity contribution in [1.29, 1.82) is 0 Å². The van der Waals surface area contributed by atoms with Crippen molar-refractivity contribution in [2.45, 2.75) is 6.92 Å². The smallest absolute Gasteiger partial charge is 0.253 e. The Morgan fingerprint density at radius 3 is 2.93 bits per heavy atom. The highest BCUT2D eigenvalue weighted by Crippen LogP contribution is 1.98. The van der Waals surface area contributed by atoms with Gasteiger partial charge < -0.3 is 16.3 Å². The van der Waals surface area contributed by atoms with Crippen molar-refractivity contribution < 1.29 is 10.0 Å². The number of nitrogens with one attached hydrogen (secondary N) is 1. The zero-order chi connectivity index (χ0) is 11.3. The van der Waals surface area contributed by atoms with Gasteiger partial charge in [-0.05, 0) is 19.1 Å². The first-order chi connectivity index (χ1) is 7.13. The summed E-state index contributed by atoms with van der Waals surface area (Å²) in [6, 6.07) is 3.39. The highest BCUT2D eigenvalue weighted by Gasteiger charge is 2.05. The quantitative estimate of drug-likeness (QED) is 0.278. The van der Waals surface area contributed by atoms with Crippen LogP contribution in [-0.2, 0) is 0 Å². The summed E-state index contributed by atoms with van der Waals surface area (Å²) in [6.07, 6.45) is 1.47. The predicted molar refractivity (Wildman–Crippen MR) is 54.7 cm³/mol. The van der Waals surface area contributed by atoms with E-state index in [0.29, 0.717) is 5.56 Å². The molecule has 15 heavy (non-hydrogen) atoms. The maximum atomic E-state index is 11.4. The van der Waals surface area contributed by atoms with Gasteiger partial charge in [-0.2, -0.15) is 0 Å². The Bertz CT molecular complexity index is 372. The van der Waals surface area contributed by atoms with E-state index in [4.69, 9.17) is 10.9 Å². The number of amidine groups is 1. The fourth-order valence-electron chi connectivity index (χ4n) is 0.910. The molecule has 1 aromatic rings. The van der Waals surface area contributed by atoms with E-state index in [1.807, 2.05) is 6.92 Å². The summed E-state index contributed by atoms with van der Waals surface area (Å²) in [5, 5.41) is 13.5. The average molecular weight is 208 g/mol. The average Bonchev–Trinajstić information content (AvgIpc) is 2.26. The molecule has 1 aromatic heterocycles. The summed E-state index contributed by atoms with van der Waals surface area (Å²) >= 11 is 0. The van der Waals surface area contributed by atoms with Crippen LogP contribution in [0.25, 0.3) is 0 Å². The van der Waals surface area contributed by atoms with Gasteiger partial charge in [-0.3, -0.25) is 9.78 Å². The zero-order valence-electron chi connectivity index (χ0n) is 8.27. The fraction of sp³-hybridized carbons (Fsp3) is 0.222. The van der Waals surface area contributed by atoms with E-state index < -0.39 is 0 Å². The third-order valence-corrected chi connectivity index (χ3v) is 1.73. The van der Waals surface area contributed by atoms with Gasteiger partial charge in [0.15, 0.2) is 5.84 Å². The molecule has 0 atom stereocenters. The molecule has 80 valence electrons. The summed E-state index contributed by atoms with van der Waals surface area (Å²) < 4.78 is 0. The predicted octanol–water partition coefficient (Wildman–Crippen LogP) is -0.134. The van der Waals surface area contributed by atoms with Gasteiger partial charge in [0, 0.05) is 11.9 Å². The number of aromatic nitrogens is 1. The molecule has 4 N–H and O–H groups in total. The van der Waals surface area contributed by atoms with Crippen LogP contribution in [0.5, 0.6) is 0 Å². The molecule has 0 radical (unpaired) electrons. The molecule has 1 rings (SSSR count). The summed E-state index contributed by atoms with van der Waals surface area (Å²) in [7, 11) is 0. The van der Waals surface area contributed by atoms with Gasteiger partial charge in [0.05, 0.1) is 12.1 Å². The molecule has 0 aromatic carbocycles. The minimum Gasteiger partial charge on any atom is -0.409 e. The number of amides is 1. The second-order valence-electron chi connectivity index (χ2n) is 2.96. The van der Waals surface area contributed by atoms with E-state index in [-0.39, 0.29) is 18.3 Å². The van der Waals surface area contributed by atoms with Gasteiger partial charge in [0.25, 0.3) is 5.91 Å². The van der Waals surface area contributed by atoms with E-state index in [2.05, 4.69) is 15.5 Å². The lowest BCUT2D eigenvalue weighted by atomic mass is 10.2. The van der Waals surface area contributed by atoms with Crippen molar-refractivity contribution in [3.05, 3.63) is 29.6 Å². The van der Waals surface area contributed by atoms with Gasteiger partial charge in [-0.15, -0.1) is 0 Å². The summed E-state index contributed by atoms with van der Waals surface area (Å²) in [5.41, 5.74) is 6.47. The lowest BCUT2D eigenvalue weighted by molar-refractivity contribution is 0.0958. The Balaban J connectivity index is 2.58. The number of aryl methyl sites for hydroxylation is 1. The van der Waals surface area contributed by atoms with Gasteiger partial charge in [-0.25, -0.2) is 0 Å². The van der Waals surface area contributed by atoms with Crippen molar-refractivity contribution in [1.82, 2.24) is 10.3 Å². The minimum absolute atomic E-state index is 0.00318. The standard InChI is InChI=1S/C9H12N4O2/c1-6-2-3-7(4-11-6)9(14)12-5-8(10)13-15/h2-4,15H,5H2,1H3,(H2,10,13)(H,12,14). The molecule has 1 amide bonds. The first-order valence-electron chi connectivity index (χ1n) is 4.30. The highest BCUT2D eigenvalue weighted by atomic mass is 16.4. The lowest BCUT2D eigenvalue weighted by Gasteiger charge is -2.03. The normalized spacial score (nSPS) is 11.1. The van der Waals surface area contributed by atoms with Gasteiger partial charge in [-0.1, -0.05) is 5.16 Å². The van der Waals surface area contributed by atoms with Crippen LogP contribution in [0, 0.1) is 6.92 Å². The van der Waals surface area contributed by atoms with Crippen LogP contribution in [0.3, 0.4) is 0 Å². The maximum absolute atomic E-state index is 11.4. The third-order valence-electron chi connectivity index (χ3n) is 1.73. The van der Waals surface area contributed by atoms with Gasteiger partial charge >= 0.3 is 0 Å². The Morgan fingerprint density at radius 2 is 2.40 bits per heavy atom. The van der Waals surface area contributed by atoms with Crippen LogP contribution < -0.4 is 11.1 Å². The number of nitrogens with zero attached hydrogens (tertiary/aromatic N) is 2. The maximum Gasteiger partial charge on any atom is 0.253 e. The van der Waals surface area contributed by atoms with E-state index in [1.165, 1.54) is 6.20 Å². The molecule has 0 aliphatic heterocycles. The molecule has 0 aliphatic carbocycles. The molecule has 0 saturated heterocycles. The van der Waals surface area contributed by atoms with Crippen LogP contribution >= 0.6 is 0 Å². The number of oxime groups is 1. The third kappa shape index (κ3) is 3.26. The monoisotopic (exact) mass is 208 g/mol. The molecule has 0 saturated carbocycles. The first kappa shape index (κ1) is 11.0. The van der Waals surface area contributed by atoms with Crippen molar-refractivity contribution >= 4 is 11.7 Å². The Kier molecular flexibility index (Phi) is 3.61. The number of carbonyl (C=O) groups is 1. The zero-order valence-corrected chi connectivity index (χ0v) is 8.27. The van der Waals surface area contributed by atoms with Crippen LogP contribution in [0.2, 0.25) is 0 Å². The second-order valence-corrected chi connectivity index (χ2v) is 2.96. The number of carbonyl (C=O) groups excluding carboxylic acids is 1. The molecule has 6 nitrogen and oxygen atoms in total. The number of hydrogen-bond acceptors (Lipinski definition) is 4. The SMILES string of the molecule is Cc1ccc(C(=O)NC/C(N)=N/O)cn1. The minimum atomic E-state index is -0.311. The summed E-state index contributed by atoms with van der Waals surface area (Å²) in [4.78, 5) is 15.4. The molecule has 0 unspecified atom stereocenters. The Hall–Kier alpha value is -2.11.